The van der Waals surface area contributed by atoms with Crippen LogP contribution in [0.1, 0.15) is 27.3 Å². The van der Waals surface area contributed by atoms with E-state index in [1.54, 1.807) is 12.1 Å². The summed E-state index contributed by atoms with van der Waals surface area (Å²) in [6, 6.07) is 17.3. The van der Waals surface area contributed by atoms with Crippen LogP contribution in [0.4, 0.5) is 11.4 Å². The average Bonchev–Trinajstić information content (AvgIpc) is 3.38. The lowest BCUT2D eigenvalue weighted by atomic mass is 10.2. The van der Waals surface area contributed by atoms with Crippen molar-refractivity contribution in [1.82, 2.24) is 4.57 Å². The highest BCUT2D eigenvalue weighted by molar-refractivity contribution is 8.05. The molecule has 6 nitrogen and oxygen atoms in total. The maximum atomic E-state index is 13.1. The van der Waals surface area contributed by atoms with Gasteiger partial charge in [0, 0.05) is 17.1 Å². The number of aryl methyl sites for hydroxylation is 1. The van der Waals surface area contributed by atoms with E-state index in [9.17, 15) is 9.59 Å². The van der Waals surface area contributed by atoms with Crippen molar-refractivity contribution in [3.63, 3.8) is 0 Å². The number of nitrogens with one attached hydrogen (secondary N) is 1. The van der Waals surface area contributed by atoms with Crippen molar-refractivity contribution in [3.05, 3.63) is 82.0 Å². The molecule has 3 aromatic rings. The standard InChI is InChI=1S/C24H21N3O3S/c1-14-12-17(15(2)26(14)18-10-8-16(9-11-18)23(29)30-3)13-21-22(28)27-20-7-5-4-6-19(20)25-24(27)31-21/h4-13,24-25H,1-3H3/b21-13-/t24-/m1/s1. The van der Waals surface area contributed by atoms with Crippen molar-refractivity contribution in [2.45, 2.75) is 19.3 Å². The first-order valence-electron chi connectivity index (χ1n) is 9.93. The SMILES string of the molecule is COC(=O)c1ccc(-n2c(C)cc(/C=C3\S[C@@H]4Nc5ccccc5N4C3=O)c2C)cc1. The summed E-state index contributed by atoms with van der Waals surface area (Å²) < 4.78 is 6.89. The van der Waals surface area contributed by atoms with Crippen LogP contribution in [0.2, 0.25) is 0 Å². The van der Waals surface area contributed by atoms with E-state index in [0.29, 0.717) is 10.5 Å². The summed E-state index contributed by atoms with van der Waals surface area (Å²) in [5.74, 6) is -0.342. The number of thioether (sulfide) groups is 1. The Hall–Kier alpha value is -3.45. The van der Waals surface area contributed by atoms with Crippen LogP contribution in [0, 0.1) is 13.8 Å². The van der Waals surface area contributed by atoms with Gasteiger partial charge in [0.25, 0.3) is 5.91 Å². The molecule has 1 N–H and O–H groups in total. The van der Waals surface area contributed by atoms with E-state index >= 15 is 0 Å². The molecule has 1 fully saturated rings. The molecule has 0 unspecified atom stereocenters. The van der Waals surface area contributed by atoms with E-state index < -0.39 is 0 Å². The molecule has 2 aromatic carbocycles. The molecule has 0 radical (unpaired) electrons. The molecule has 1 atom stereocenters. The lowest BCUT2D eigenvalue weighted by molar-refractivity contribution is -0.114. The number of carbonyl (C=O) groups is 2. The number of fused-ring (bicyclic) bond motifs is 3. The molecule has 2 aliphatic heterocycles. The van der Waals surface area contributed by atoms with Gasteiger partial charge in [0.2, 0.25) is 0 Å². The van der Waals surface area contributed by atoms with Crippen molar-refractivity contribution >= 4 is 41.1 Å². The number of hydrogen-bond donors (Lipinski definition) is 1. The fourth-order valence-corrected chi connectivity index (χ4v) is 5.28. The summed E-state index contributed by atoms with van der Waals surface area (Å²) >= 11 is 1.53. The third-order valence-corrected chi connectivity index (χ3v) is 6.75. The molecule has 3 heterocycles. The Labute approximate surface area is 184 Å². The van der Waals surface area contributed by atoms with Gasteiger partial charge in [-0.1, -0.05) is 23.9 Å². The quantitative estimate of drug-likeness (QED) is 0.481. The lowest BCUT2D eigenvalue weighted by Gasteiger charge is -2.12. The minimum absolute atomic E-state index is 0.0136. The first-order valence-corrected chi connectivity index (χ1v) is 10.8. The largest absolute Gasteiger partial charge is 0.465 e. The van der Waals surface area contributed by atoms with Crippen LogP contribution in [0.25, 0.3) is 11.8 Å². The van der Waals surface area contributed by atoms with Crippen LogP contribution in [0.5, 0.6) is 0 Å². The zero-order valence-electron chi connectivity index (χ0n) is 17.4. The number of rotatable bonds is 3. The molecule has 1 aromatic heterocycles. The topological polar surface area (TPSA) is 63.6 Å². The molecule has 1 saturated heterocycles. The fraction of sp³-hybridized carbons (Fsp3) is 0.167. The number of amides is 1. The number of ether oxygens (including phenoxy) is 1. The number of hydrogen-bond acceptors (Lipinski definition) is 5. The zero-order chi connectivity index (χ0) is 21.7. The Morgan fingerprint density at radius 2 is 1.87 bits per heavy atom. The van der Waals surface area contributed by atoms with E-state index in [-0.39, 0.29) is 17.4 Å². The molecule has 0 aliphatic carbocycles. The minimum atomic E-state index is -0.356. The van der Waals surface area contributed by atoms with Gasteiger partial charge >= 0.3 is 5.97 Å². The van der Waals surface area contributed by atoms with Gasteiger partial charge in [-0.25, -0.2) is 4.79 Å². The summed E-state index contributed by atoms with van der Waals surface area (Å²) in [7, 11) is 1.37. The Morgan fingerprint density at radius 1 is 1.13 bits per heavy atom. The fourth-order valence-electron chi connectivity index (χ4n) is 4.15. The minimum Gasteiger partial charge on any atom is -0.465 e. The number of carbonyl (C=O) groups excluding carboxylic acids is 2. The third-order valence-electron chi connectivity index (χ3n) is 5.65. The highest BCUT2D eigenvalue weighted by Gasteiger charge is 2.42. The predicted molar refractivity (Wildman–Crippen MR) is 123 cm³/mol. The second-order valence-electron chi connectivity index (χ2n) is 7.52. The number of benzene rings is 2. The van der Waals surface area contributed by atoms with E-state index in [1.165, 1.54) is 18.9 Å². The molecule has 2 aliphatic rings. The first kappa shape index (κ1) is 19.5. The summed E-state index contributed by atoms with van der Waals surface area (Å²) in [6.07, 6.45) is 1.97. The second-order valence-corrected chi connectivity index (χ2v) is 8.64. The average molecular weight is 432 g/mol. The highest BCUT2D eigenvalue weighted by atomic mass is 32.2. The number of esters is 1. The molecule has 0 saturated carbocycles. The second kappa shape index (κ2) is 7.35. The molecule has 1 amide bonds. The van der Waals surface area contributed by atoms with Crippen molar-refractivity contribution in [1.29, 1.82) is 0 Å². The van der Waals surface area contributed by atoms with Gasteiger partial charge in [0.1, 0.15) is 0 Å². The normalized spacial score (nSPS) is 18.2. The summed E-state index contributed by atoms with van der Waals surface area (Å²) in [5.41, 5.74) is 6.35. The van der Waals surface area contributed by atoms with Crippen LogP contribution in [0.15, 0.2) is 59.5 Å². The molecule has 0 bridgehead atoms. The molecular weight excluding hydrogens is 410 g/mol. The van der Waals surface area contributed by atoms with Crippen molar-refractivity contribution in [2.24, 2.45) is 0 Å². The van der Waals surface area contributed by atoms with E-state index in [4.69, 9.17) is 4.74 Å². The van der Waals surface area contributed by atoms with Gasteiger partial charge < -0.3 is 14.6 Å². The van der Waals surface area contributed by atoms with Crippen molar-refractivity contribution in [3.8, 4) is 5.69 Å². The molecule has 5 rings (SSSR count). The van der Waals surface area contributed by atoms with Crippen LogP contribution in [-0.4, -0.2) is 29.1 Å². The molecule has 156 valence electrons. The molecular formula is C24H21N3O3S. The molecule has 0 spiro atoms. The Balaban J connectivity index is 1.46. The smallest absolute Gasteiger partial charge is 0.337 e. The monoisotopic (exact) mass is 431 g/mol. The van der Waals surface area contributed by atoms with E-state index in [0.717, 1.165) is 34.0 Å². The maximum Gasteiger partial charge on any atom is 0.337 e. The van der Waals surface area contributed by atoms with Gasteiger partial charge in [-0.2, -0.15) is 0 Å². The van der Waals surface area contributed by atoms with E-state index in [2.05, 4.69) is 16.0 Å². The summed E-state index contributed by atoms with van der Waals surface area (Å²) in [4.78, 5) is 27.3. The lowest BCUT2D eigenvalue weighted by Crippen LogP contribution is -2.31. The number of anilines is 2. The first-order chi connectivity index (χ1) is 15.0. The maximum absolute atomic E-state index is 13.1. The molecule has 7 heteroatoms. The van der Waals surface area contributed by atoms with Gasteiger partial charge in [0.05, 0.1) is 29.0 Å². The molecule has 31 heavy (non-hydrogen) atoms. The van der Waals surface area contributed by atoms with Gasteiger partial charge in [-0.15, -0.1) is 0 Å². The number of para-hydroxylation sites is 2. The Bertz CT molecular complexity index is 1240. The summed E-state index contributed by atoms with van der Waals surface area (Å²) in [5, 5.41) is 3.40. The Kier molecular flexibility index (Phi) is 4.63. The van der Waals surface area contributed by atoms with Crippen LogP contribution < -0.4 is 10.2 Å². The van der Waals surface area contributed by atoms with Crippen molar-refractivity contribution < 1.29 is 14.3 Å². The summed E-state index contributed by atoms with van der Waals surface area (Å²) in [6.45, 7) is 4.06. The Morgan fingerprint density at radius 3 is 2.61 bits per heavy atom. The number of methoxy groups -OCH3 is 1. The predicted octanol–water partition coefficient (Wildman–Crippen LogP) is 4.71. The number of nitrogens with zero attached hydrogens (tertiary/aromatic N) is 2. The van der Waals surface area contributed by atoms with Gasteiger partial charge in [0.15, 0.2) is 5.50 Å². The van der Waals surface area contributed by atoms with E-state index in [1.807, 2.05) is 61.2 Å². The van der Waals surface area contributed by atoms with Gasteiger partial charge in [-0.05, 0) is 68.0 Å². The zero-order valence-corrected chi connectivity index (χ0v) is 18.2. The number of aromatic nitrogens is 1. The van der Waals surface area contributed by atoms with Crippen molar-refractivity contribution in [2.75, 3.05) is 17.3 Å². The van der Waals surface area contributed by atoms with Crippen LogP contribution in [0.3, 0.4) is 0 Å². The van der Waals surface area contributed by atoms with Gasteiger partial charge in [-0.3, -0.25) is 9.69 Å². The van der Waals surface area contributed by atoms with Crippen LogP contribution in [-0.2, 0) is 9.53 Å². The van der Waals surface area contributed by atoms with Crippen LogP contribution >= 0.6 is 11.8 Å². The third kappa shape index (κ3) is 3.13. The highest BCUT2D eigenvalue weighted by Crippen LogP contribution is 2.47.